The summed E-state index contributed by atoms with van der Waals surface area (Å²) in [7, 11) is 12.7. The van der Waals surface area contributed by atoms with Crippen molar-refractivity contribution in [2.24, 2.45) is 0 Å². The van der Waals surface area contributed by atoms with Gasteiger partial charge in [0.1, 0.15) is 0 Å². The van der Waals surface area contributed by atoms with Gasteiger partial charge in [0, 0.05) is 0 Å². The molecule has 2 nitrogen and oxygen atoms in total. The van der Waals surface area contributed by atoms with E-state index in [0.717, 1.165) is 0 Å². The summed E-state index contributed by atoms with van der Waals surface area (Å²) in [6, 6.07) is 0. The van der Waals surface area contributed by atoms with Crippen molar-refractivity contribution in [2.45, 2.75) is 0 Å². The summed E-state index contributed by atoms with van der Waals surface area (Å²) in [6.45, 7) is 0. The van der Waals surface area contributed by atoms with E-state index in [1.165, 1.54) is 0 Å². The van der Waals surface area contributed by atoms with Crippen LogP contribution in [0, 0.1) is 0 Å². The average molecular weight is 604 g/mol. The molecule has 0 aromatic rings. The van der Waals surface area contributed by atoms with E-state index in [4.69, 9.17) is 0 Å². The van der Waals surface area contributed by atoms with Gasteiger partial charge in [0.2, 0.25) is 0 Å². The summed E-state index contributed by atoms with van der Waals surface area (Å²) in [5, 5.41) is 4.00. The second-order valence-electron chi connectivity index (χ2n) is 1.65. The summed E-state index contributed by atoms with van der Waals surface area (Å²) in [5.41, 5.74) is 0. The van der Waals surface area contributed by atoms with Gasteiger partial charge >= 0.3 is 71.1 Å². The van der Waals surface area contributed by atoms with Crippen LogP contribution in [0.4, 0.5) is 0 Å². The molecule has 0 spiro atoms. The Kier molecular flexibility index (Phi) is 76.1. The first-order valence-corrected chi connectivity index (χ1v) is 23.4. The zero-order valence-corrected chi connectivity index (χ0v) is 21.5. The van der Waals surface area contributed by atoms with Gasteiger partial charge in [-0.25, -0.2) is 0 Å². The second kappa shape index (κ2) is 36.2. The van der Waals surface area contributed by atoms with E-state index in [-0.39, 0.29) is 40.5 Å². The average Bonchev–Trinajstić information content (AvgIpc) is 2.10. The molecule has 4 N–H and O–H groups in total. The number of nitrogens with two attached hydrogens (primary N) is 2. The van der Waals surface area contributed by atoms with Crippen LogP contribution in [0.15, 0.2) is 0 Å². The van der Waals surface area contributed by atoms with Crippen molar-refractivity contribution < 1.29 is 10.6 Å². The molecule has 1 heterocycles. The summed E-state index contributed by atoms with van der Waals surface area (Å²) < 4.78 is 0. The van der Waals surface area contributed by atoms with Crippen molar-refractivity contribution in [1.29, 1.82) is 0 Å². The Bertz CT molecular complexity index is 61.6. The maximum atomic E-state index is 2.35. The van der Waals surface area contributed by atoms with Gasteiger partial charge in [0.25, 0.3) is 0 Å². The maximum absolute atomic E-state index is 2.35. The standard InChI is InChI=1S/2C2H7N.GeS2.3H2S.S.2Sb/c2*1-3-2;2-1-3;;;;;;/h2*3H,1-2H3;;3*1H2;;;/q;;-2;;;;;2*+1/p-1. The number of hydrogen-bond acceptors (Lipinski definition) is 6. The Morgan fingerprint density at radius 3 is 1.13 bits per heavy atom. The molecule has 0 bridgehead atoms. The van der Waals surface area contributed by atoms with E-state index in [0.29, 0.717) is 50.8 Å². The molecule has 0 unspecified atom stereocenters. The van der Waals surface area contributed by atoms with Crippen LogP contribution < -0.4 is 10.6 Å². The molecule has 0 atom stereocenters. The van der Waals surface area contributed by atoms with Crippen LogP contribution in [0.3, 0.4) is 0 Å². The van der Waals surface area contributed by atoms with E-state index in [1.807, 2.05) is 38.8 Å². The monoisotopic (exact) mass is 603 g/mol. The molecule has 1 saturated heterocycles. The normalized spacial score (nSPS) is 12.0. The van der Waals surface area contributed by atoms with Crippen LogP contribution in [0.2, 0.25) is 0 Å². The van der Waals surface area contributed by atoms with Crippen molar-refractivity contribution in [3.63, 3.8) is 0 Å². The molecule has 4 radical (unpaired) electrons. The number of rotatable bonds is 0. The zero-order valence-electron chi connectivity index (χ0n) is 9.12. The first kappa shape index (κ1) is 31.5. The van der Waals surface area contributed by atoms with E-state index < -0.39 is 0 Å². The molecule has 15 heavy (non-hydrogen) atoms. The van der Waals surface area contributed by atoms with Gasteiger partial charge in [0.15, 0.2) is 0 Å². The minimum absolute atomic E-state index is 0. The van der Waals surface area contributed by atoms with Gasteiger partial charge < -0.3 is 51.1 Å². The molecule has 1 fully saturated rings. The second-order valence-corrected chi connectivity index (χ2v) is 44.2. The third-order valence-electron chi connectivity index (χ3n) is 0.216. The van der Waals surface area contributed by atoms with Gasteiger partial charge in [-0.3, -0.25) is 0 Å². The third-order valence-corrected chi connectivity index (χ3v) is 73.8. The minimum atomic E-state index is 0. The van der Waals surface area contributed by atoms with E-state index >= 15 is 0 Å². The Morgan fingerprint density at radius 1 is 0.800 bits per heavy atom. The number of quaternary nitrogens is 2. The van der Waals surface area contributed by atoms with Gasteiger partial charge in [-0.05, 0) is 0 Å². The molecule has 1 aliphatic heterocycles. The van der Waals surface area contributed by atoms with Crippen LogP contribution in [-0.2, 0) is 40.5 Å². The predicted octanol–water partition coefficient (Wildman–Crippen LogP) is -2.39. The summed E-state index contributed by atoms with van der Waals surface area (Å²) in [4.78, 5) is 0. The molecule has 0 saturated carbocycles. The number of thiol groups is 3. The Morgan fingerprint density at radius 2 is 1.07 bits per heavy atom. The molecular formula is C4H19GeN2S6Sb2-. The molecule has 0 aromatic heterocycles. The molecule has 96 valence electrons. The van der Waals surface area contributed by atoms with Crippen molar-refractivity contribution in [3.8, 4) is 0 Å². The SMILES string of the molecule is C[NH2+]C.C[NH2+]C.[SH-].[SH-].[SH-].[S]1[Ge][S][Sb][S][Sb]1. The van der Waals surface area contributed by atoms with Gasteiger partial charge in [-0.15, -0.1) is 0 Å². The van der Waals surface area contributed by atoms with Crippen molar-refractivity contribution in [3.05, 3.63) is 0 Å². The molecule has 1 rings (SSSR count). The van der Waals surface area contributed by atoms with Crippen molar-refractivity contribution in [1.82, 2.24) is 0 Å². The van der Waals surface area contributed by atoms with Crippen LogP contribution in [-0.4, -0.2) is 79.0 Å². The molecule has 0 aromatic carbocycles. The van der Waals surface area contributed by atoms with E-state index in [1.54, 1.807) is 0 Å². The topological polar surface area (TPSA) is 33.2 Å². The molecule has 11 heteroatoms. The zero-order chi connectivity index (χ0) is 9.66. The van der Waals surface area contributed by atoms with Gasteiger partial charge in [-0.1, -0.05) is 0 Å². The Labute approximate surface area is 147 Å². The fourth-order valence-corrected chi connectivity index (χ4v) is 150. The summed E-state index contributed by atoms with van der Waals surface area (Å²) in [5.74, 6) is 2.35. The first-order valence-electron chi connectivity index (χ1n) is 3.45. The summed E-state index contributed by atoms with van der Waals surface area (Å²) >= 11 is 1.28. The van der Waals surface area contributed by atoms with Crippen LogP contribution in [0.5, 0.6) is 0 Å². The molecule has 0 amide bonds. The Balaban J connectivity index is -0.0000000333. The van der Waals surface area contributed by atoms with E-state index in [2.05, 4.69) is 20.3 Å². The quantitative estimate of drug-likeness (QED) is 0.183. The Hall–Kier alpha value is 4.20. The fraction of sp³-hybridized carbons (Fsp3) is 1.00. The molecule has 1 aliphatic rings. The fourth-order valence-electron chi connectivity index (χ4n) is 0.0940. The third kappa shape index (κ3) is 45.9. The van der Waals surface area contributed by atoms with Gasteiger partial charge in [0.05, 0.1) is 28.2 Å². The predicted molar refractivity (Wildman–Crippen MR) is 93.9 cm³/mol. The van der Waals surface area contributed by atoms with E-state index in [9.17, 15) is 0 Å². The molecule has 0 aliphatic carbocycles. The van der Waals surface area contributed by atoms with Gasteiger partial charge in [-0.2, -0.15) is 0 Å². The molecular weight excluding hydrogens is 585 g/mol. The first-order chi connectivity index (χ1) is 5.83. The van der Waals surface area contributed by atoms with Crippen LogP contribution in [0.25, 0.3) is 0 Å². The van der Waals surface area contributed by atoms with Crippen molar-refractivity contribution >= 4 is 112 Å². The van der Waals surface area contributed by atoms with Crippen LogP contribution >= 0.6 is 20.3 Å². The number of hydrogen-bond donors (Lipinski definition) is 2. The van der Waals surface area contributed by atoms with Crippen LogP contribution in [0.1, 0.15) is 0 Å². The summed E-state index contributed by atoms with van der Waals surface area (Å²) in [6.07, 6.45) is 0. The van der Waals surface area contributed by atoms with Crippen molar-refractivity contribution in [2.75, 3.05) is 28.2 Å².